The SMILES string of the molecule is Cl.O=[N+]([O-])c1ccc(N2CC3CC2CN3)cc1. The van der Waals surface area contributed by atoms with Crippen molar-refractivity contribution >= 4 is 23.8 Å². The Bertz CT molecular complexity index is 423. The number of rotatable bonds is 2. The number of piperazine rings is 1. The van der Waals surface area contributed by atoms with Crippen molar-refractivity contribution in [3.05, 3.63) is 34.4 Å². The molecule has 2 bridgehead atoms. The molecule has 2 fully saturated rings. The van der Waals surface area contributed by atoms with Gasteiger partial charge in [-0.25, -0.2) is 0 Å². The smallest absolute Gasteiger partial charge is 0.269 e. The Labute approximate surface area is 105 Å². The Balaban J connectivity index is 0.00000108. The molecule has 1 aromatic rings. The van der Waals surface area contributed by atoms with E-state index in [1.165, 1.54) is 6.42 Å². The highest BCUT2D eigenvalue weighted by Gasteiger charge is 2.37. The summed E-state index contributed by atoms with van der Waals surface area (Å²) < 4.78 is 0. The first kappa shape index (κ1) is 12.1. The van der Waals surface area contributed by atoms with Crippen molar-refractivity contribution in [3.63, 3.8) is 0 Å². The third-order valence-corrected chi connectivity index (χ3v) is 3.45. The van der Waals surface area contributed by atoms with Gasteiger partial charge >= 0.3 is 0 Å². The summed E-state index contributed by atoms with van der Waals surface area (Å²) in [4.78, 5) is 12.5. The molecule has 2 saturated heterocycles. The highest BCUT2D eigenvalue weighted by molar-refractivity contribution is 5.85. The molecule has 2 aliphatic rings. The number of hydrogen-bond donors (Lipinski definition) is 1. The summed E-state index contributed by atoms with van der Waals surface area (Å²) in [5.41, 5.74) is 1.26. The normalized spacial score (nSPS) is 25.8. The fraction of sp³-hybridized carbons (Fsp3) is 0.455. The summed E-state index contributed by atoms with van der Waals surface area (Å²) in [6, 6.07) is 8.01. The highest BCUT2D eigenvalue weighted by atomic mass is 35.5. The van der Waals surface area contributed by atoms with Gasteiger partial charge in [0.1, 0.15) is 0 Å². The van der Waals surface area contributed by atoms with Crippen molar-refractivity contribution < 1.29 is 4.92 Å². The average Bonchev–Trinajstić information content (AvgIpc) is 2.91. The molecule has 3 rings (SSSR count). The predicted molar refractivity (Wildman–Crippen MR) is 67.9 cm³/mol. The summed E-state index contributed by atoms with van der Waals surface area (Å²) in [7, 11) is 0. The van der Waals surface area contributed by atoms with Gasteiger partial charge in [-0.05, 0) is 18.6 Å². The number of nitro groups is 1. The standard InChI is InChI=1S/C11H13N3O2.ClH/c15-14(16)10-3-1-9(2-4-10)13-7-8-5-11(13)6-12-8;/h1-4,8,11-12H,5-7H2;1H. The molecule has 2 atom stereocenters. The van der Waals surface area contributed by atoms with E-state index in [2.05, 4.69) is 10.2 Å². The molecule has 2 unspecified atom stereocenters. The third-order valence-electron chi connectivity index (χ3n) is 3.45. The lowest BCUT2D eigenvalue weighted by Crippen LogP contribution is -2.43. The third kappa shape index (κ3) is 2.08. The Morgan fingerprint density at radius 2 is 2.06 bits per heavy atom. The molecule has 0 radical (unpaired) electrons. The Kier molecular flexibility index (Phi) is 3.22. The van der Waals surface area contributed by atoms with E-state index in [0.29, 0.717) is 12.1 Å². The van der Waals surface area contributed by atoms with E-state index in [1.54, 1.807) is 12.1 Å². The molecular formula is C11H14ClN3O2. The molecule has 0 saturated carbocycles. The fourth-order valence-corrected chi connectivity index (χ4v) is 2.64. The van der Waals surface area contributed by atoms with Crippen LogP contribution >= 0.6 is 12.4 Å². The lowest BCUT2D eigenvalue weighted by atomic mass is 10.2. The zero-order valence-electron chi connectivity index (χ0n) is 9.20. The molecule has 1 aromatic carbocycles. The van der Waals surface area contributed by atoms with Gasteiger partial charge in [0.2, 0.25) is 0 Å². The van der Waals surface area contributed by atoms with Crippen LogP contribution in [-0.2, 0) is 0 Å². The number of fused-ring (bicyclic) bond motifs is 2. The average molecular weight is 256 g/mol. The van der Waals surface area contributed by atoms with Crippen LogP contribution in [0.25, 0.3) is 0 Å². The van der Waals surface area contributed by atoms with Crippen LogP contribution in [0.2, 0.25) is 0 Å². The first-order valence-electron chi connectivity index (χ1n) is 5.48. The van der Waals surface area contributed by atoms with Crippen LogP contribution in [0.5, 0.6) is 0 Å². The van der Waals surface area contributed by atoms with Crippen molar-refractivity contribution in [3.8, 4) is 0 Å². The molecule has 1 N–H and O–H groups in total. The van der Waals surface area contributed by atoms with Gasteiger partial charge in [0.15, 0.2) is 0 Å². The van der Waals surface area contributed by atoms with Crippen molar-refractivity contribution in [1.82, 2.24) is 5.32 Å². The van der Waals surface area contributed by atoms with Crippen LogP contribution in [0.15, 0.2) is 24.3 Å². The number of nitrogens with one attached hydrogen (secondary N) is 1. The predicted octanol–water partition coefficient (Wildman–Crippen LogP) is 1.57. The number of halogens is 1. The molecule has 92 valence electrons. The fourth-order valence-electron chi connectivity index (χ4n) is 2.64. The largest absolute Gasteiger partial charge is 0.366 e. The first-order valence-corrected chi connectivity index (χ1v) is 5.48. The molecule has 2 aliphatic heterocycles. The van der Waals surface area contributed by atoms with E-state index in [-0.39, 0.29) is 23.0 Å². The second-order valence-corrected chi connectivity index (χ2v) is 4.42. The maximum Gasteiger partial charge on any atom is 0.269 e. The van der Waals surface area contributed by atoms with Gasteiger partial charge in [0.05, 0.1) is 4.92 Å². The summed E-state index contributed by atoms with van der Waals surface area (Å²) in [6.45, 7) is 2.05. The second-order valence-electron chi connectivity index (χ2n) is 4.42. The Morgan fingerprint density at radius 3 is 2.53 bits per heavy atom. The quantitative estimate of drug-likeness (QED) is 0.644. The first-order chi connectivity index (χ1) is 7.74. The number of anilines is 1. The number of hydrogen-bond acceptors (Lipinski definition) is 4. The Hall–Kier alpha value is -1.33. The van der Waals surface area contributed by atoms with Crippen LogP contribution in [-0.4, -0.2) is 30.1 Å². The molecule has 2 heterocycles. The van der Waals surface area contributed by atoms with Crippen molar-refractivity contribution in [1.29, 1.82) is 0 Å². The summed E-state index contributed by atoms with van der Waals surface area (Å²) in [5, 5.41) is 14.0. The summed E-state index contributed by atoms with van der Waals surface area (Å²) in [6.07, 6.45) is 1.19. The molecule has 0 spiro atoms. The number of nitro benzene ring substituents is 1. The van der Waals surface area contributed by atoms with Gasteiger partial charge in [-0.15, -0.1) is 12.4 Å². The lowest BCUT2D eigenvalue weighted by Gasteiger charge is -2.29. The van der Waals surface area contributed by atoms with Gasteiger partial charge in [0.25, 0.3) is 5.69 Å². The maximum atomic E-state index is 10.5. The van der Waals surface area contributed by atoms with E-state index in [9.17, 15) is 10.1 Å². The minimum Gasteiger partial charge on any atom is -0.366 e. The van der Waals surface area contributed by atoms with E-state index in [1.807, 2.05) is 12.1 Å². The molecule has 17 heavy (non-hydrogen) atoms. The molecule has 0 aliphatic carbocycles. The van der Waals surface area contributed by atoms with Crippen LogP contribution in [0, 0.1) is 10.1 Å². The van der Waals surface area contributed by atoms with Crippen molar-refractivity contribution in [2.75, 3.05) is 18.0 Å². The van der Waals surface area contributed by atoms with Crippen molar-refractivity contribution in [2.24, 2.45) is 0 Å². The van der Waals surface area contributed by atoms with Crippen LogP contribution < -0.4 is 10.2 Å². The Morgan fingerprint density at radius 1 is 1.35 bits per heavy atom. The van der Waals surface area contributed by atoms with Crippen LogP contribution in [0.1, 0.15) is 6.42 Å². The monoisotopic (exact) mass is 255 g/mol. The topological polar surface area (TPSA) is 58.4 Å². The van der Waals surface area contributed by atoms with Crippen molar-refractivity contribution in [2.45, 2.75) is 18.5 Å². The number of nitrogens with zero attached hydrogens (tertiary/aromatic N) is 2. The van der Waals surface area contributed by atoms with Gasteiger partial charge in [-0.1, -0.05) is 0 Å². The second kappa shape index (κ2) is 4.50. The van der Waals surface area contributed by atoms with Crippen LogP contribution in [0.4, 0.5) is 11.4 Å². The van der Waals surface area contributed by atoms with E-state index < -0.39 is 0 Å². The van der Waals surface area contributed by atoms with Gasteiger partial charge in [0, 0.05) is 43.0 Å². The summed E-state index contributed by atoms with van der Waals surface area (Å²) in [5.74, 6) is 0. The molecule has 0 amide bonds. The zero-order chi connectivity index (χ0) is 11.1. The minimum atomic E-state index is -0.360. The zero-order valence-corrected chi connectivity index (χ0v) is 10.0. The summed E-state index contributed by atoms with van der Waals surface area (Å²) >= 11 is 0. The van der Waals surface area contributed by atoms with Gasteiger partial charge in [-0.3, -0.25) is 10.1 Å². The lowest BCUT2D eigenvalue weighted by molar-refractivity contribution is -0.384. The molecule has 6 heteroatoms. The highest BCUT2D eigenvalue weighted by Crippen LogP contribution is 2.30. The van der Waals surface area contributed by atoms with E-state index in [4.69, 9.17) is 0 Å². The maximum absolute atomic E-state index is 10.5. The minimum absolute atomic E-state index is 0. The molecule has 5 nitrogen and oxygen atoms in total. The number of benzene rings is 1. The molecular weight excluding hydrogens is 242 g/mol. The molecule has 0 aromatic heterocycles. The van der Waals surface area contributed by atoms with E-state index in [0.717, 1.165) is 18.8 Å². The van der Waals surface area contributed by atoms with E-state index >= 15 is 0 Å². The van der Waals surface area contributed by atoms with Gasteiger partial charge in [-0.2, -0.15) is 0 Å². The van der Waals surface area contributed by atoms with Gasteiger partial charge < -0.3 is 10.2 Å². The van der Waals surface area contributed by atoms with Crippen LogP contribution in [0.3, 0.4) is 0 Å². The number of non-ortho nitro benzene ring substituents is 1.